The van der Waals surface area contributed by atoms with Crippen LogP contribution in [0, 0.1) is 11.8 Å². The van der Waals surface area contributed by atoms with Crippen LogP contribution in [0.15, 0.2) is 72.9 Å². The largest absolute Gasteiger partial charge is 0.453 e. The van der Waals surface area contributed by atoms with Crippen LogP contribution < -0.4 is 16.4 Å². The molecule has 2 heterocycles. The third-order valence-electron chi connectivity index (χ3n) is 9.39. The molecule has 9 heteroatoms. The number of methoxy groups -OCH3 is 1. The number of hydrogen-bond acceptors (Lipinski definition) is 6. The highest BCUT2D eigenvalue weighted by Crippen LogP contribution is 2.40. The molecule has 1 aromatic heterocycles. The number of carbonyl (C=O) groups excluding carboxylic acids is 3. The van der Waals surface area contributed by atoms with Crippen molar-refractivity contribution >= 4 is 45.3 Å². The monoisotopic (exact) mass is 593 g/mol. The molecule has 0 bridgehead atoms. The number of nitrogens with one attached hydrogen (secondary N) is 2. The Morgan fingerprint density at radius 1 is 0.977 bits per heavy atom. The lowest BCUT2D eigenvalue weighted by Gasteiger charge is -2.46. The van der Waals surface area contributed by atoms with Crippen molar-refractivity contribution in [1.29, 1.82) is 0 Å². The number of fused-ring (bicyclic) bond motifs is 3. The van der Waals surface area contributed by atoms with E-state index in [1.165, 1.54) is 7.11 Å². The first kappa shape index (κ1) is 29.4. The van der Waals surface area contributed by atoms with Gasteiger partial charge in [-0.2, -0.15) is 0 Å². The highest BCUT2D eigenvalue weighted by molar-refractivity contribution is 5.94. The number of nitrogens with zero attached hydrogens (tertiary/aromatic N) is 2. The van der Waals surface area contributed by atoms with E-state index in [2.05, 4.69) is 15.6 Å². The van der Waals surface area contributed by atoms with E-state index in [-0.39, 0.29) is 24.3 Å². The molecular formula is C35H39N5O4. The fourth-order valence-electron chi connectivity index (χ4n) is 7.17. The minimum absolute atomic E-state index is 0.0393. The van der Waals surface area contributed by atoms with Crippen LogP contribution >= 0.6 is 0 Å². The van der Waals surface area contributed by atoms with E-state index in [9.17, 15) is 14.4 Å². The third-order valence-corrected chi connectivity index (χ3v) is 9.39. The molecule has 9 nitrogen and oxygen atoms in total. The zero-order valence-electron chi connectivity index (χ0n) is 25.0. The average Bonchev–Trinajstić information content (AvgIpc) is 3.06. The Morgan fingerprint density at radius 3 is 2.66 bits per heavy atom. The molecule has 44 heavy (non-hydrogen) atoms. The Hall–Kier alpha value is -4.66. The molecule has 2 aliphatic rings. The molecule has 3 aromatic carbocycles. The van der Waals surface area contributed by atoms with E-state index in [0.717, 1.165) is 64.8 Å². The van der Waals surface area contributed by atoms with E-state index in [1.54, 1.807) is 11.1 Å². The summed E-state index contributed by atoms with van der Waals surface area (Å²) in [6.07, 6.45) is 6.40. The van der Waals surface area contributed by atoms with Gasteiger partial charge in [0.1, 0.15) is 17.9 Å². The van der Waals surface area contributed by atoms with E-state index >= 15 is 0 Å². The number of nitrogen functional groups attached to an aromatic ring is 1. The Labute approximate surface area is 257 Å². The van der Waals surface area contributed by atoms with Crippen LogP contribution in [-0.2, 0) is 27.3 Å². The van der Waals surface area contributed by atoms with Crippen LogP contribution in [0.25, 0.3) is 21.5 Å². The van der Waals surface area contributed by atoms with Crippen molar-refractivity contribution in [1.82, 2.24) is 20.5 Å². The number of carbonyl (C=O) groups is 3. The van der Waals surface area contributed by atoms with Gasteiger partial charge in [-0.1, -0.05) is 73.9 Å². The number of amides is 3. The number of anilines is 1. The van der Waals surface area contributed by atoms with Gasteiger partial charge in [0.15, 0.2) is 0 Å². The zero-order chi connectivity index (χ0) is 30.6. The maximum absolute atomic E-state index is 14.1. The van der Waals surface area contributed by atoms with Crippen molar-refractivity contribution in [2.24, 2.45) is 11.8 Å². The first-order chi connectivity index (χ1) is 21.4. The molecule has 1 aliphatic carbocycles. The summed E-state index contributed by atoms with van der Waals surface area (Å²) >= 11 is 0. The van der Waals surface area contributed by atoms with E-state index in [1.807, 2.05) is 66.7 Å². The lowest BCUT2D eigenvalue weighted by atomic mass is 9.70. The molecular weight excluding hydrogens is 554 g/mol. The molecule has 3 amide bonds. The fraction of sp³-hybridized carbons (Fsp3) is 0.371. The Balaban J connectivity index is 1.27. The number of hydrogen-bond donors (Lipinski definition) is 3. The van der Waals surface area contributed by atoms with E-state index in [0.29, 0.717) is 24.7 Å². The molecule has 228 valence electrons. The lowest BCUT2D eigenvalue weighted by molar-refractivity contribution is -0.135. The third kappa shape index (κ3) is 6.04. The summed E-state index contributed by atoms with van der Waals surface area (Å²) in [5, 5.41) is 10.0. The van der Waals surface area contributed by atoms with Crippen molar-refractivity contribution in [2.45, 2.75) is 57.2 Å². The average molecular weight is 594 g/mol. The second-order valence-corrected chi connectivity index (χ2v) is 12.0. The highest BCUT2D eigenvalue weighted by Gasteiger charge is 2.46. The molecule has 1 aliphatic heterocycles. The summed E-state index contributed by atoms with van der Waals surface area (Å²) in [5.41, 5.74) is 7.88. The van der Waals surface area contributed by atoms with Crippen LogP contribution in [0.2, 0.25) is 0 Å². The van der Waals surface area contributed by atoms with Gasteiger partial charge in [0.25, 0.3) is 0 Å². The molecule has 1 saturated carbocycles. The van der Waals surface area contributed by atoms with Crippen molar-refractivity contribution < 1.29 is 19.1 Å². The van der Waals surface area contributed by atoms with Gasteiger partial charge in [-0.3, -0.25) is 14.5 Å². The van der Waals surface area contributed by atoms with Gasteiger partial charge >= 0.3 is 6.09 Å². The number of likely N-dealkylation sites (tertiary alicyclic amines) is 1. The van der Waals surface area contributed by atoms with Crippen LogP contribution in [-0.4, -0.2) is 53.5 Å². The number of nitrogens with two attached hydrogens (primary N) is 1. The van der Waals surface area contributed by atoms with Gasteiger partial charge in [0.05, 0.1) is 7.11 Å². The number of piperidine rings is 1. The normalized spacial score (nSPS) is 20.5. The van der Waals surface area contributed by atoms with Gasteiger partial charge in [-0.05, 0) is 64.1 Å². The molecule has 0 spiro atoms. The predicted molar refractivity (Wildman–Crippen MR) is 171 cm³/mol. The number of pyridine rings is 1. The summed E-state index contributed by atoms with van der Waals surface area (Å²) in [6.45, 7) is 0.745. The standard InChI is InChI=1S/C35H39N5O4/c1-44-35(43)40-18-16-24-8-3-5-12-28(24)31(40)34(42)39-30(20-25-10-6-9-23-7-2-4-11-27(23)25)33(41)38-21-22-13-14-29-26(19-22)15-17-37-32(29)36/h2,4,6-7,9-11,13-15,17,19,24,28,30-31H,3,5,8,12,16,18,20-21H2,1H3,(H2,36,37)(H,38,41)(H,39,42)/t24?,28?,30-,31?/m0/s1. The Bertz CT molecular complexity index is 1690. The van der Waals surface area contributed by atoms with Crippen molar-refractivity contribution in [2.75, 3.05) is 19.4 Å². The molecule has 6 rings (SSSR count). The lowest BCUT2D eigenvalue weighted by Crippen LogP contribution is -2.61. The minimum atomic E-state index is -0.850. The van der Waals surface area contributed by atoms with Crippen LogP contribution in [0.1, 0.15) is 43.2 Å². The maximum atomic E-state index is 14.1. The summed E-state index contributed by atoms with van der Waals surface area (Å²) in [7, 11) is 1.35. The summed E-state index contributed by atoms with van der Waals surface area (Å²) < 4.78 is 5.09. The Kier molecular flexibility index (Phi) is 8.63. The molecule has 4 N–H and O–H groups in total. The van der Waals surface area contributed by atoms with Crippen LogP contribution in [0.5, 0.6) is 0 Å². The van der Waals surface area contributed by atoms with Crippen LogP contribution in [0.4, 0.5) is 10.6 Å². The highest BCUT2D eigenvalue weighted by atomic mass is 16.5. The van der Waals surface area contributed by atoms with Gasteiger partial charge in [0.2, 0.25) is 11.8 Å². The van der Waals surface area contributed by atoms with Gasteiger partial charge in [0, 0.05) is 31.1 Å². The summed E-state index contributed by atoms with van der Waals surface area (Å²) in [6, 6.07) is 20.2. The van der Waals surface area contributed by atoms with Crippen LogP contribution in [0.3, 0.4) is 0 Å². The maximum Gasteiger partial charge on any atom is 0.410 e. The molecule has 3 unspecified atom stereocenters. The topological polar surface area (TPSA) is 127 Å². The second-order valence-electron chi connectivity index (χ2n) is 12.0. The fourth-order valence-corrected chi connectivity index (χ4v) is 7.17. The quantitative estimate of drug-likeness (QED) is 0.278. The van der Waals surface area contributed by atoms with Gasteiger partial charge in [-0.15, -0.1) is 0 Å². The minimum Gasteiger partial charge on any atom is -0.453 e. The first-order valence-corrected chi connectivity index (χ1v) is 15.5. The second kappa shape index (κ2) is 12.9. The van der Waals surface area contributed by atoms with E-state index in [4.69, 9.17) is 10.5 Å². The molecule has 0 radical (unpaired) electrons. The molecule has 4 atom stereocenters. The van der Waals surface area contributed by atoms with Gasteiger partial charge in [-0.25, -0.2) is 9.78 Å². The van der Waals surface area contributed by atoms with E-state index < -0.39 is 18.2 Å². The SMILES string of the molecule is COC(=O)N1CCC2CCCCC2C1C(=O)N[C@@H](Cc1cccc2ccccc12)C(=O)NCc1ccc2c(N)nccc2c1. The molecule has 2 fully saturated rings. The summed E-state index contributed by atoms with van der Waals surface area (Å²) in [4.78, 5) is 46.6. The van der Waals surface area contributed by atoms with Crippen molar-refractivity contribution in [3.8, 4) is 0 Å². The predicted octanol–water partition coefficient (Wildman–Crippen LogP) is 4.96. The molecule has 1 saturated heterocycles. The number of benzene rings is 3. The van der Waals surface area contributed by atoms with Crippen molar-refractivity contribution in [3.05, 3.63) is 84.1 Å². The zero-order valence-corrected chi connectivity index (χ0v) is 25.0. The molecule has 4 aromatic rings. The van der Waals surface area contributed by atoms with Gasteiger partial charge < -0.3 is 21.1 Å². The smallest absolute Gasteiger partial charge is 0.410 e. The number of aromatic nitrogens is 1. The van der Waals surface area contributed by atoms with Crippen molar-refractivity contribution in [3.63, 3.8) is 0 Å². The first-order valence-electron chi connectivity index (χ1n) is 15.5. The number of rotatable bonds is 7. The number of ether oxygens (including phenoxy) is 1. The Morgan fingerprint density at radius 2 is 1.80 bits per heavy atom. The summed E-state index contributed by atoms with van der Waals surface area (Å²) in [5.74, 6) is 0.280.